The number of rotatable bonds is 9. The van der Waals surface area contributed by atoms with Gasteiger partial charge in [-0.2, -0.15) is 19.6 Å². The predicted octanol–water partition coefficient (Wildman–Crippen LogP) is 3.54. The largest absolute Gasteiger partial charge is 0.495 e. The molecular weight excluding hydrogens is 608 g/mol. The zero-order valence-corrected chi connectivity index (χ0v) is 27.2. The summed E-state index contributed by atoms with van der Waals surface area (Å²) >= 11 is 0. The average Bonchev–Trinajstić information content (AvgIpc) is 3.70. The molecule has 2 fully saturated rings. The quantitative estimate of drug-likeness (QED) is 0.210. The summed E-state index contributed by atoms with van der Waals surface area (Å²) in [5.41, 5.74) is 3.83. The summed E-state index contributed by atoms with van der Waals surface area (Å²) in [6.45, 7) is 7.14. The molecule has 4 N–H and O–H groups in total. The Morgan fingerprint density at radius 2 is 1.85 bits per heavy atom. The zero-order valence-electron chi connectivity index (χ0n) is 26.4. The monoisotopic (exact) mass is 648 g/mol. The summed E-state index contributed by atoms with van der Waals surface area (Å²) in [6.07, 6.45) is 3.27. The number of aryl methyl sites for hydroxylation is 1. The number of hydrogen-bond acceptors (Lipinski definition) is 11. The summed E-state index contributed by atoms with van der Waals surface area (Å²) in [4.78, 5) is 24.3. The Kier molecular flexibility index (Phi) is 8.86. The minimum atomic E-state index is -3.57. The molecule has 14 heteroatoms. The van der Waals surface area contributed by atoms with Crippen LogP contribution in [0.1, 0.15) is 50.2 Å². The molecular formula is C32H40N8O5S. The van der Waals surface area contributed by atoms with Gasteiger partial charge in [-0.05, 0) is 81.3 Å². The number of amides is 1. The summed E-state index contributed by atoms with van der Waals surface area (Å²) in [5, 5.41) is 23.1. The number of piperidine rings is 1. The number of benzene rings is 2. The number of para-hydroxylation sites is 1. The van der Waals surface area contributed by atoms with E-state index in [1.807, 2.05) is 17.0 Å². The molecule has 2 saturated heterocycles. The third-order valence-electron chi connectivity index (χ3n) is 8.80. The van der Waals surface area contributed by atoms with Crippen molar-refractivity contribution >= 4 is 44.7 Å². The maximum Gasteiger partial charge on any atom is 0.239 e. The minimum Gasteiger partial charge on any atom is -0.495 e. The van der Waals surface area contributed by atoms with Crippen LogP contribution in [0, 0.1) is 6.92 Å². The second-order valence-electron chi connectivity index (χ2n) is 12.2. The molecule has 6 rings (SSSR count). The lowest BCUT2D eigenvalue weighted by Gasteiger charge is -2.34. The molecule has 0 spiro atoms. The van der Waals surface area contributed by atoms with Gasteiger partial charge in [0.25, 0.3) is 0 Å². The number of nitrogens with one attached hydrogen (secondary N) is 3. The second kappa shape index (κ2) is 12.9. The van der Waals surface area contributed by atoms with E-state index in [4.69, 9.17) is 4.74 Å². The number of likely N-dealkylation sites (tertiary alicyclic amines) is 1. The van der Waals surface area contributed by atoms with Crippen molar-refractivity contribution in [3.8, 4) is 5.75 Å². The Hall–Kier alpha value is -4.27. The van der Waals surface area contributed by atoms with Crippen molar-refractivity contribution in [1.82, 2.24) is 29.8 Å². The van der Waals surface area contributed by atoms with Gasteiger partial charge >= 0.3 is 0 Å². The first-order valence-electron chi connectivity index (χ1n) is 15.5. The van der Waals surface area contributed by atoms with Gasteiger partial charge in [0.15, 0.2) is 15.5 Å². The van der Waals surface area contributed by atoms with Gasteiger partial charge in [-0.3, -0.25) is 4.79 Å². The molecule has 2 atom stereocenters. The number of β-amino-alcohol motifs (C(OH)–C–C–N with tert-alkyl or cyclic N) is 1. The number of aliphatic hydroxyl groups excluding tert-OH is 1. The van der Waals surface area contributed by atoms with Crippen LogP contribution in [0.25, 0.3) is 5.65 Å². The molecule has 4 heterocycles. The normalized spacial score (nSPS) is 19.1. The number of aliphatic hydroxyl groups is 1. The summed E-state index contributed by atoms with van der Waals surface area (Å²) in [5.74, 6) is 1.54. The van der Waals surface area contributed by atoms with Crippen molar-refractivity contribution in [2.45, 2.75) is 68.2 Å². The van der Waals surface area contributed by atoms with E-state index < -0.39 is 21.2 Å². The third-order valence-corrected chi connectivity index (χ3v) is 11.0. The van der Waals surface area contributed by atoms with Gasteiger partial charge in [-0.1, -0.05) is 12.1 Å². The molecule has 2 aliphatic heterocycles. The van der Waals surface area contributed by atoms with E-state index in [0.717, 1.165) is 18.4 Å². The molecule has 1 amide bonds. The van der Waals surface area contributed by atoms with Gasteiger partial charge in [-0.25, -0.2) is 8.42 Å². The highest BCUT2D eigenvalue weighted by atomic mass is 32.2. The smallest absolute Gasteiger partial charge is 0.239 e. The van der Waals surface area contributed by atoms with E-state index in [9.17, 15) is 18.3 Å². The number of carbonyl (C=O) groups excluding carboxylic acids is 1. The molecule has 0 bridgehead atoms. The fourth-order valence-corrected chi connectivity index (χ4v) is 7.42. The standard InChI is InChI=1S/C32H40N8O5S/c1-19(2)46(43,44)28-8-6-5-7-24(28)36-32-38-31(37-29-9-12-34-40(29)32)35-25-15-20(3)23(17-27(25)45-4)21-10-13-39(14-11-21)30(42)26-16-22(41)18-33-26/h5-9,12,15,17,19,21-22,26,33,41H,10-11,13-14,16,18H2,1-4H3,(H2,35,36,37,38)/t22-,26-/m0/s1. The number of nitrogens with zero attached hydrogens (tertiary/aromatic N) is 5. The second-order valence-corrected chi connectivity index (χ2v) is 14.6. The molecule has 0 unspecified atom stereocenters. The number of carbonyl (C=O) groups is 1. The van der Waals surface area contributed by atoms with Crippen molar-refractivity contribution in [3.63, 3.8) is 0 Å². The number of hydrogen-bond donors (Lipinski definition) is 4. The number of sulfone groups is 1. The van der Waals surface area contributed by atoms with Crippen LogP contribution in [-0.4, -0.2) is 88.1 Å². The minimum absolute atomic E-state index is 0.0675. The predicted molar refractivity (Wildman–Crippen MR) is 175 cm³/mol. The van der Waals surface area contributed by atoms with Crippen LogP contribution in [0.2, 0.25) is 0 Å². The molecule has 46 heavy (non-hydrogen) atoms. The zero-order chi connectivity index (χ0) is 32.6. The van der Waals surface area contributed by atoms with Crippen LogP contribution in [0.15, 0.2) is 53.6 Å². The summed E-state index contributed by atoms with van der Waals surface area (Å²) in [6, 6.07) is 12.2. The lowest BCUT2D eigenvalue weighted by atomic mass is 9.86. The van der Waals surface area contributed by atoms with Gasteiger partial charge < -0.3 is 30.7 Å². The Bertz CT molecular complexity index is 1850. The van der Waals surface area contributed by atoms with Gasteiger partial charge in [0, 0.05) is 25.7 Å². The molecule has 2 aliphatic rings. The van der Waals surface area contributed by atoms with E-state index in [1.54, 1.807) is 57.5 Å². The molecule has 0 aliphatic carbocycles. The molecule has 244 valence electrons. The van der Waals surface area contributed by atoms with Crippen molar-refractivity contribution in [1.29, 1.82) is 0 Å². The van der Waals surface area contributed by atoms with Gasteiger partial charge in [-0.15, -0.1) is 0 Å². The van der Waals surface area contributed by atoms with E-state index in [0.29, 0.717) is 54.8 Å². The van der Waals surface area contributed by atoms with E-state index in [-0.39, 0.29) is 28.7 Å². The fourth-order valence-electron chi connectivity index (χ4n) is 6.22. The number of methoxy groups -OCH3 is 1. The summed E-state index contributed by atoms with van der Waals surface area (Å²) < 4.78 is 33.5. The number of aromatic nitrogens is 4. The van der Waals surface area contributed by atoms with E-state index >= 15 is 0 Å². The van der Waals surface area contributed by atoms with Crippen LogP contribution < -0.4 is 20.7 Å². The van der Waals surface area contributed by atoms with Crippen molar-refractivity contribution in [2.24, 2.45) is 0 Å². The average molecular weight is 649 g/mol. The van der Waals surface area contributed by atoms with Gasteiger partial charge in [0.05, 0.1) is 47.0 Å². The number of anilines is 4. The molecule has 2 aromatic heterocycles. The van der Waals surface area contributed by atoms with Crippen LogP contribution in [0.5, 0.6) is 5.75 Å². The Labute approximate surface area is 268 Å². The first-order valence-corrected chi connectivity index (χ1v) is 17.1. The molecule has 0 radical (unpaired) electrons. The van der Waals surface area contributed by atoms with Crippen molar-refractivity contribution in [2.75, 3.05) is 37.4 Å². The van der Waals surface area contributed by atoms with Crippen LogP contribution in [0.4, 0.5) is 23.3 Å². The number of ether oxygens (including phenoxy) is 1. The highest BCUT2D eigenvalue weighted by Gasteiger charge is 2.34. The maximum atomic E-state index is 13.1. The van der Waals surface area contributed by atoms with Crippen molar-refractivity contribution < 1.29 is 23.1 Å². The first-order chi connectivity index (χ1) is 22.0. The highest BCUT2D eigenvalue weighted by Crippen LogP contribution is 2.38. The molecule has 13 nitrogen and oxygen atoms in total. The number of fused-ring (bicyclic) bond motifs is 1. The Balaban J connectivity index is 1.23. The van der Waals surface area contributed by atoms with E-state index in [2.05, 4.69) is 37.9 Å². The lowest BCUT2D eigenvalue weighted by molar-refractivity contribution is -0.134. The van der Waals surface area contributed by atoms with Crippen molar-refractivity contribution in [3.05, 3.63) is 59.8 Å². The third kappa shape index (κ3) is 6.24. The first kappa shape index (κ1) is 31.7. The van der Waals surface area contributed by atoms with Crippen LogP contribution >= 0.6 is 0 Å². The van der Waals surface area contributed by atoms with Crippen LogP contribution in [0.3, 0.4) is 0 Å². The molecule has 4 aromatic rings. The van der Waals surface area contributed by atoms with Gasteiger partial charge in [0.2, 0.25) is 17.8 Å². The summed E-state index contributed by atoms with van der Waals surface area (Å²) in [7, 11) is -1.95. The van der Waals surface area contributed by atoms with Crippen LogP contribution in [-0.2, 0) is 14.6 Å². The Morgan fingerprint density at radius 3 is 2.54 bits per heavy atom. The van der Waals surface area contributed by atoms with E-state index in [1.165, 1.54) is 10.1 Å². The topological polar surface area (TPSA) is 163 Å². The Morgan fingerprint density at radius 1 is 1.09 bits per heavy atom. The lowest BCUT2D eigenvalue weighted by Crippen LogP contribution is -2.46. The molecule has 2 aromatic carbocycles. The molecule has 0 saturated carbocycles. The SMILES string of the molecule is COc1cc(C2CCN(C(=O)[C@@H]3C[C@H](O)CN3)CC2)c(C)cc1Nc1nc(Nc2ccccc2S(=O)(=O)C(C)C)n2nccc2n1. The fraction of sp³-hybridized carbons (Fsp3) is 0.438. The highest BCUT2D eigenvalue weighted by molar-refractivity contribution is 7.92. The maximum absolute atomic E-state index is 13.1. The van der Waals surface area contributed by atoms with Gasteiger partial charge in [0.1, 0.15) is 5.75 Å².